The maximum absolute atomic E-state index is 4.25. The Morgan fingerprint density at radius 2 is 1.80 bits per heavy atom. The largest absolute Gasteiger partial charge is 0.143 e. The molecular weight excluding hydrogens is 167 g/mol. The smallest absolute Gasteiger partial charge is 0.00694 e. The van der Waals surface area contributed by atoms with Gasteiger partial charge in [0.1, 0.15) is 0 Å². The van der Waals surface area contributed by atoms with Gasteiger partial charge in [-0.1, -0.05) is 17.7 Å². The second-order valence-corrected chi connectivity index (χ2v) is 2.77. The zero-order valence-corrected chi connectivity index (χ0v) is 10.7. The van der Waals surface area contributed by atoms with Crippen molar-refractivity contribution in [2.45, 2.75) is 18.7 Å². The molecule has 1 radical (unpaired) electrons. The summed E-state index contributed by atoms with van der Waals surface area (Å²) in [5, 5.41) is 0. The third kappa shape index (κ3) is 3.07. The molecule has 49 valence electrons. The van der Waals surface area contributed by atoms with Crippen LogP contribution >= 0.6 is 12.6 Å². The molecule has 1 aromatic carbocycles. The molecule has 0 unspecified atom stereocenters. The van der Waals surface area contributed by atoms with Crippen molar-refractivity contribution < 1.29 is 0 Å². The Balaban J connectivity index is 0.000000810. The van der Waals surface area contributed by atoms with E-state index >= 15 is 0 Å². The van der Waals surface area contributed by atoms with Crippen molar-refractivity contribution >= 4 is 64.0 Å². The molecular formula is C8H10KS. The average molecular weight is 177 g/mol. The Labute approximate surface area is 110 Å². The predicted octanol–water partition coefficient (Wildman–Crippen LogP) is 2.21. The number of rotatable bonds is 0. The number of hydrogen-bond donors (Lipinski definition) is 1. The molecule has 0 heterocycles. The molecule has 0 aliphatic rings. The molecule has 1 rings (SSSR count). The van der Waals surface area contributed by atoms with Crippen molar-refractivity contribution in [1.82, 2.24) is 0 Å². The third-order valence-electron chi connectivity index (χ3n) is 1.35. The zero-order valence-electron chi connectivity index (χ0n) is 6.68. The van der Waals surface area contributed by atoms with Gasteiger partial charge in [0.15, 0.2) is 0 Å². The van der Waals surface area contributed by atoms with E-state index in [9.17, 15) is 0 Å². The van der Waals surface area contributed by atoms with Gasteiger partial charge in [-0.25, -0.2) is 0 Å². The fourth-order valence-electron chi connectivity index (χ4n) is 0.805. The Kier molecular flexibility index (Phi) is 5.56. The molecule has 0 atom stereocenters. The van der Waals surface area contributed by atoms with Crippen molar-refractivity contribution in [1.29, 1.82) is 0 Å². The van der Waals surface area contributed by atoms with Gasteiger partial charge in [-0.3, -0.25) is 0 Å². The van der Waals surface area contributed by atoms with E-state index in [0.29, 0.717) is 0 Å². The summed E-state index contributed by atoms with van der Waals surface area (Å²) in [7, 11) is 0. The summed E-state index contributed by atoms with van der Waals surface area (Å²) in [5.41, 5.74) is 2.55. The Bertz CT molecular complexity index is 220. The molecule has 0 N–H and O–H groups in total. The molecule has 0 aliphatic heterocycles. The van der Waals surface area contributed by atoms with Crippen LogP contribution in [0.15, 0.2) is 23.1 Å². The maximum atomic E-state index is 4.25. The van der Waals surface area contributed by atoms with Gasteiger partial charge < -0.3 is 0 Å². The van der Waals surface area contributed by atoms with Crippen LogP contribution in [0, 0.1) is 13.8 Å². The minimum absolute atomic E-state index is 0. The van der Waals surface area contributed by atoms with E-state index in [2.05, 4.69) is 38.6 Å². The van der Waals surface area contributed by atoms with Crippen LogP contribution in [0.1, 0.15) is 11.1 Å². The van der Waals surface area contributed by atoms with Crippen LogP contribution in [0.4, 0.5) is 0 Å². The first-order valence-electron chi connectivity index (χ1n) is 2.96. The molecule has 0 spiro atoms. The van der Waals surface area contributed by atoms with Crippen molar-refractivity contribution in [2.24, 2.45) is 0 Å². The SMILES string of the molecule is Cc1ccc(S)c(C)c1.[K]. The van der Waals surface area contributed by atoms with Gasteiger partial charge in [0, 0.05) is 56.3 Å². The number of hydrogen-bond acceptors (Lipinski definition) is 1. The zero-order chi connectivity index (χ0) is 6.85. The third-order valence-corrected chi connectivity index (χ3v) is 1.85. The van der Waals surface area contributed by atoms with Crippen molar-refractivity contribution in [2.75, 3.05) is 0 Å². The summed E-state index contributed by atoms with van der Waals surface area (Å²) < 4.78 is 0. The van der Waals surface area contributed by atoms with E-state index in [-0.39, 0.29) is 51.4 Å². The minimum atomic E-state index is 0. The molecule has 0 saturated heterocycles. The first kappa shape index (κ1) is 11.2. The number of thiol groups is 1. The summed E-state index contributed by atoms with van der Waals surface area (Å²) in [6, 6.07) is 6.21. The normalized spacial score (nSPS) is 8.70. The fourth-order valence-corrected chi connectivity index (χ4v) is 0.944. The summed E-state index contributed by atoms with van der Waals surface area (Å²) in [4.78, 5) is 1.07. The van der Waals surface area contributed by atoms with Crippen LogP contribution in [-0.2, 0) is 0 Å². The monoisotopic (exact) mass is 177 g/mol. The summed E-state index contributed by atoms with van der Waals surface area (Å²) in [6.45, 7) is 4.15. The van der Waals surface area contributed by atoms with E-state index in [1.54, 1.807) is 0 Å². The molecule has 0 amide bonds. The van der Waals surface area contributed by atoms with E-state index in [1.165, 1.54) is 11.1 Å². The molecule has 0 saturated carbocycles. The van der Waals surface area contributed by atoms with Crippen molar-refractivity contribution in [3.05, 3.63) is 29.3 Å². The van der Waals surface area contributed by atoms with Gasteiger partial charge in [-0.05, 0) is 25.5 Å². The van der Waals surface area contributed by atoms with E-state index in [1.807, 2.05) is 6.07 Å². The first-order valence-corrected chi connectivity index (χ1v) is 3.41. The fraction of sp³-hybridized carbons (Fsp3) is 0.250. The van der Waals surface area contributed by atoms with Gasteiger partial charge in [0.05, 0.1) is 0 Å². The standard InChI is InChI=1S/C8H10S.K/c1-6-3-4-8(9)7(2)5-6;/h3-5,9H,1-2H3;. The maximum Gasteiger partial charge on any atom is 0.00694 e. The molecule has 0 bridgehead atoms. The second kappa shape index (κ2) is 4.96. The number of benzene rings is 1. The predicted molar refractivity (Wildman–Crippen MR) is 48.9 cm³/mol. The van der Waals surface area contributed by atoms with Crippen LogP contribution in [0.2, 0.25) is 0 Å². The first-order chi connectivity index (χ1) is 4.20. The molecule has 0 aromatic heterocycles. The van der Waals surface area contributed by atoms with E-state index in [0.717, 1.165) is 4.90 Å². The molecule has 10 heavy (non-hydrogen) atoms. The van der Waals surface area contributed by atoms with Gasteiger partial charge in [0.2, 0.25) is 0 Å². The van der Waals surface area contributed by atoms with Crippen LogP contribution < -0.4 is 0 Å². The molecule has 0 fully saturated rings. The molecule has 2 heteroatoms. The van der Waals surface area contributed by atoms with Crippen LogP contribution in [0.5, 0.6) is 0 Å². The Hall–Kier alpha value is 1.21. The van der Waals surface area contributed by atoms with Crippen molar-refractivity contribution in [3.8, 4) is 0 Å². The van der Waals surface area contributed by atoms with Gasteiger partial charge >= 0.3 is 0 Å². The van der Waals surface area contributed by atoms with Crippen LogP contribution in [0.25, 0.3) is 0 Å². The Morgan fingerprint density at radius 1 is 1.20 bits per heavy atom. The topological polar surface area (TPSA) is 0 Å². The molecule has 0 aliphatic carbocycles. The van der Waals surface area contributed by atoms with Gasteiger partial charge in [0.25, 0.3) is 0 Å². The quantitative estimate of drug-likeness (QED) is 0.456. The Morgan fingerprint density at radius 3 is 2.20 bits per heavy atom. The van der Waals surface area contributed by atoms with Crippen molar-refractivity contribution in [3.63, 3.8) is 0 Å². The molecule has 1 aromatic rings. The number of aryl methyl sites for hydroxylation is 2. The summed E-state index contributed by atoms with van der Waals surface area (Å²) >= 11 is 4.25. The van der Waals surface area contributed by atoms with Crippen LogP contribution in [0.3, 0.4) is 0 Å². The van der Waals surface area contributed by atoms with Crippen LogP contribution in [-0.4, -0.2) is 51.4 Å². The summed E-state index contributed by atoms with van der Waals surface area (Å²) in [5.74, 6) is 0. The average Bonchev–Trinajstić information content (AvgIpc) is 1.80. The summed E-state index contributed by atoms with van der Waals surface area (Å²) in [6.07, 6.45) is 0. The molecule has 0 nitrogen and oxygen atoms in total. The van der Waals surface area contributed by atoms with Gasteiger partial charge in [-0.15, -0.1) is 12.6 Å². The van der Waals surface area contributed by atoms with E-state index in [4.69, 9.17) is 0 Å². The van der Waals surface area contributed by atoms with E-state index < -0.39 is 0 Å². The van der Waals surface area contributed by atoms with Gasteiger partial charge in [-0.2, -0.15) is 0 Å². The second-order valence-electron chi connectivity index (χ2n) is 2.29. The minimum Gasteiger partial charge on any atom is -0.143 e.